The molecule has 5 rings (SSSR count). The van der Waals surface area contributed by atoms with E-state index in [0.29, 0.717) is 22.4 Å². The number of rotatable bonds is 5. The van der Waals surface area contributed by atoms with Crippen LogP contribution in [0.3, 0.4) is 0 Å². The van der Waals surface area contributed by atoms with E-state index in [4.69, 9.17) is 0 Å². The number of imidazole rings is 1. The van der Waals surface area contributed by atoms with E-state index >= 15 is 0 Å². The van der Waals surface area contributed by atoms with E-state index in [1.165, 1.54) is 17.0 Å². The average molecular weight is 531 g/mol. The number of aryl methyl sites for hydroxylation is 4. The number of nitrogens with zero attached hydrogens (tertiary/aromatic N) is 4. The number of hydrogen-bond acceptors (Lipinski definition) is 4. The molecule has 0 spiro atoms. The highest BCUT2D eigenvalue weighted by Crippen LogP contribution is 2.32. The second kappa shape index (κ2) is 9.65. The van der Waals surface area contributed by atoms with Crippen LogP contribution >= 0.6 is 0 Å². The van der Waals surface area contributed by atoms with E-state index in [9.17, 15) is 22.8 Å². The fraction of sp³-hybridized carbons (Fsp3) is 0.200. The van der Waals surface area contributed by atoms with Crippen molar-refractivity contribution in [1.82, 2.24) is 19.1 Å². The Morgan fingerprint density at radius 3 is 2.38 bits per heavy atom. The SMILES string of the molecule is Cc1cc2c(cn1)cc(-c1cc(CC(=O)c3cc(-n4cnc(C)c4)cc(C(F)(F)F)c3)ccc1C)c(=O)n2C. The second-order valence-corrected chi connectivity index (χ2v) is 9.74. The Balaban J connectivity index is 1.54. The van der Waals surface area contributed by atoms with Gasteiger partial charge in [-0.1, -0.05) is 18.2 Å². The van der Waals surface area contributed by atoms with Gasteiger partial charge in [0.1, 0.15) is 0 Å². The molecule has 2 aromatic carbocycles. The summed E-state index contributed by atoms with van der Waals surface area (Å²) in [7, 11) is 1.70. The maximum atomic E-state index is 13.7. The molecule has 0 aliphatic heterocycles. The predicted molar refractivity (Wildman–Crippen MR) is 143 cm³/mol. The number of ketones is 1. The third kappa shape index (κ3) is 5.12. The predicted octanol–water partition coefficient (Wildman–Crippen LogP) is 6.16. The summed E-state index contributed by atoms with van der Waals surface area (Å²) in [6.45, 7) is 5.45. The summed E-state index contributed by atoms with van der Waals surface area (Å²) >= 11 is 0. The monoisotopic (exact) mass is 530 g/mol. The Kier molecular flexibility index (Phi) is 6.46. The van der Waals surface area contributed by atoms with Gasteiger partial charge in [0, 0.05) is 53.8 Å². The summed E-state index contributed by atoms with van der Waals surface area (Å²) in [4.78, 5) is 35.0. The third-order valence-electron chi connectivity index (χ3n) is 6.78. The number of aromatic nitrogens is 4. The molecule has 3 heterocycles. The van der Waals surface area contributed by atoms with Gasteiger partial charge >= 0.3 is 6.18 Å². The van der Waals surface area contributed by atoms with Crippen LogP contribution < -0.4 is 5.56 Å². The molecule has 0 atom stereocenters. The van der Waals surface area contributed by atoms with Crippen LogP contribution in [0.2, 0.25) is 0 Å². The van der Waals surface area contributed by atoms with Crippen LogP contribution in [0, 0.1) is 20.8 Å². The average Bonchev–Trinajstić information content (AvgIpc) is 3.33. The van der Waals surface area contributed by atoms with Crippen LogP contribution in [0.5, 0.6) is 0 Å². The van der Waals surface area contributed by atoms with Gasteiger partial charge in [-0.05, 0) is 67.8 Å². The molecule has 3 aromatic heterocycles. The second-order valence-electron chi connectivity index (χ2n) is 9.74. The number of hydrogen-bond donors (Lipinski definition) is 0. The summed E-state index contributed by atoms with van der Waals surface area (Å²) < 4.78 is 44.1. The Morgan fingerprint density at radius 1 is 0.923 bits per heavy atom. The Labute approximate surface area is 222 Å². The van der Waals surface area contributed by atoms with Crippen LogP contribution in [0.1, 0.15) is 38.4 Å². The van der Waals surface area contributed by atoms with Gasteiger partial charge in [0.25, 0.3) is 5.56 Å². The molecule has 0 fully saturated rings. The lowest BCUT2D eigenvalue weighted by molar-refractivity contribution is -0.137. The highest BCUT2D eigenvalue weighted by molar-refractivity contribution is 5.98. The van der Waals surface area contributed by atoms with Gasteiger partial charge in [-0.25, -0.2) is 4.98 Å². The summed E-state index contributed by atoms with van der Waals surface area (Å²) in [5.74, 6) is -0.472. The third-order valence-corrected chi connectivity index (χ3v) is 6.78. The van der Waals surface area contributed by atoms with Crippen molar-refractivity contribution >= 4 is 16.7 Å². The Hall–Kier alpha value is -4.53. The van der Waals surface area contributed by atoms with Crippen molar-refractivity contribution < 1.29 is 18.0 Å². The molecule has 0 unspecified atom stereocenters. The van der Waals surface area contributed by atoms with Crippen molar-refractivity contribution in [2.45, 2.75) is 33.4 Å². The van der Waals surface area contributed by atoms with E-state index in [1.54, 1.807) is 55.2 Å². The van der Waals surface area contributed by atoms with Gasteiger partial charge in [-0.2, -0.15) is 13.2 Å². The van der Waals surface area contributed by atoms with E-state index in [0.717, 1.165) is 34.3 Å². The van der Waals surface area contributed by atoms with Gasteiger partial charge < -0.3 is 9.13 Å². The van der Waals surface area contributed by atoms with E-state index in [-0.39, 0.29) is 23.2 Å². The normalized spacial score (nSPS) is 11.8. The molecule has 198 valence electrons. The number of halogens is 3. The molecule has 0 amide bonds. The van der Waals surface area contributed by atoms with Crippen molar-refractivity contribution in [3.8, 4) is 16.8 Å². The molecule has 0 saturated carbocycles. The van der Waals surface area contributed by atoms with Crippen LogP contribution in [0.25, 0.3) is 27.7 Å². The lowest BCUT2D eigenvalue weighted by Gasteiger charge is -2.14. The van der Waals surface area contributed by atoms with Gasteiger partial charge in [-0.15, -0.1) is 0 Å². The maximum Gasteiger partial charge on any atom is 0.416 e. The van der Waals surface area contributed by atoms with Crippen LogP contribution in [0.4, 0.5) is 13.2 Å². The van der Waals surface area contributed by atoms with Crippen molar-refractivity contribution in [3.05, 3.63) is 111 Å². The number of pyridine rings is 2. The van der Waals surface area contributed by atoms with Gasteiger partial charge in [0.15, 0.2) is 5.78 Å². The van der Waals surface area contributed by atoms with Gasteiger partial charge in [-0.3, -0.25) is 14.6 Å². The van der Waals surface area contributed by atoms with Crippen molar-refractivity contribution in [1.29, 1.82) is 0 Å². The number of Topliss-reactive ketones (excluding diaryl/α,β-unsaturated/α-hetero) is 1. The Bertz CT molecular complexity index is 1820. The molecule has 0 aliphatic rings. The fourth-order valence-electron chi connectivity index (χ4n) is 4.66. The lowest BCUT2D eigenvalue weighted by atomic mass is 9.94. The molecule has 9 heteroatoms. The summed E-state index contributed by atoms with van der Waals surface area (Å²) in [5, 5.41) is 0.796. The summed E-state index contributed by atoms with van der Waals surface area (Å²) in [5.41, 5.74) is 3.75. The van der Waals surface area contributed by atoms with E-state index in [1.807, 2.05) is 19.9 Å². The highest BCUT2D eigenvalue weighted by atomic mass is 19.4. The molecule has 5 aromatic rings. The lowest BCUT2D eigenvalue weighted by Crippen LogP contribution is -2.19. The number of carbonyl (C=O) groups is 1. The molecule has 0 radical (unpaired) electrons. The largest absolute Gasteiger partial charge is 0.416 e. The molecule has 6 nitrogen and oxygen atoms in total. The maximum absolute atomic E-state index is 13.7. The zero-order chi connectivity index (χ0) is 28.1. The number of benzene rings is 2. The first-order valence-electron chi connectivity index (χ1n) is 12.2. The van der Waals surface area contributed by atoms with Crippen molar-refractivity contribution in [2.75, 3.05) is 0 Å². The minimum Gasteiger partial charge on any atom is -0.311 e. The van der Waals surface area contributed by atoms with Crippen LogP contribution in [0.15, 0.2) is 72.0 Å². The fourth-order valence-corrected chi connectivity index (χ4v) is 4.66. The minimum atomic E-state index is -4.62. The molecule has 0 aliphatic carbocycles. The number of alkyl halides is 3. The van der Waals surface area contributed by atoms with Gasteiger partial charge in [0.2, 0.25) is 0 Å². The summed E-state index contributed by atoms with van der Waals surface area (Å²) in [6.07, 6.45) is -0.0424. The zero-order valence-corrected chi connectivity index (χ0v) is 21.8. The first-order valence-corrected chi connectivity index (χ1v) is 12.2. The summed E-state index contributed by atoms with van der Waals surface area (Å²) in [6, 6.07) is 12.2. The Morgan fingerprint density at radius 2 is 1.69 bits per heavy atom. The van der Waals surface area contributed by atoms with Crippen LogP contribution in [-0.4, -0.2) is 24.9 Å². The molecule has 0 N–H and O–H groups in total. The van der Waals surface area contributed by atoms with Crippen LogP contribution in [-0.2, 0) is 19.6 Å². The van der Waals surface area contributed by atoms with Crippen molar-refractivity contribution in [2.24, 2.45) is 7.05 Å². The smallest absolute Gasteiger partial charge is 0.311 e. The molecule has 39 heavy (non-hydrogen) atoms. The highest BCUT2D eigenvalue weighted by Gasteiger charge is 2.32. The molecule has 0 bridgehead atoms. The number of fused-ring (bicyclic) bond motifs is 1. The quantitative estimate of drug-likeness (QED) is 0.256. The van der Waals surface area contributed by atoms with Crippen molar-refractivity contribution in [3.63, 3.8) is 0 Å². The number of carbonyl (C=O) groups excluding carboxylic acids is 1. The molecular formula is C30H25F3N4O2. The zero-order valence-electron chi connectivity index (χ0n) is 21.8. The first kappa shape index (κ1) is 26.1. The van der Waals surface area contributed by atoms with Gasteiger partial charge in [0.05, 0.1) is 23.1 Å². The molecular weight excluding hydrogens is 505 g/mol. The topological polar surface area (TPSA) is 69.8 Å². The van der Waals surface area contributed by atoms with E-state index < -0.39 is 17.5 Å². The standard InChI is InChI=1S/C30H25F3N4O2/c1-17-5-6-20(8-25(17)26-12-22-14-34-18(2)7-27(22)36(4)29(26)39)9-28(38)21-10-23(30(31,32)33)13-24(11-21)37-15-19(3)35-16-37/h5-8,10-16H,9H2,1-4H3. The first-order chi connectivity index (χ1) is 18.4. The minimum absolute atomic E-state index is 0.0589. The molecule has 0 saturated heterocycles. The van der Waals surface area contributed by atoms with E-state index in [2.05, 4.69) is 9.97 Å².